The van der Waals surface area contributed by atoms with Crippen molar-refractivity contribution in [2.24, 2.45) is 5.92 Å². The van der Waals surface area contributed by atoms with E-state index in [0.29, 0.717) is 16.5 Å². The van der Waals surface area contributed by atoms with Gasteiger partial charge in [0.05, 0.1) is 13.2 Å². The van der Waals surface area contributed by atoms with Crippen molar-refractivity contribution in [3.8, 4) is 11.5 Å². The summed E-state index contributed by atoms with van der Waals surface area (Å²) in [5.41, 5.74) is 1.01. The first-order chi connectivity index (χ1) is 13.5. The van der Waals surface area contributed by atoms with Crippen molar-refractivity contribution >= 4 is 33.3 Å². The molecule has 4 rings (SSSR count). The van der Waals surface area contributed by atoms with Crippen LogP contribution >= 0.6 is 11.3 Å². The van der Waals surface area contributed by atoms with E-state index in [9.17, 15) is 4.79 Å². The molecule has 0 bridgehead atoms. The third-order valence-corrected chi connectivity index (χ3v) is 6.24. The fraction of sp³-hybridized carbons (Fsp3) is 0.474. The van der Waals surface area contributed by atoms with Gasteiger partial charge in [0.25, 0.3) is 11.9 Å². The number of nitrogens with one attached hydrogen (secondary N) is 2. The molecule has 1 amide bonds. The molecule has 2 heterocycles. The summed E-state index contributed by atoms with van der Waals surface area (Å²) in [5, 5.41) is 17.0. The number of aromatic amines is 1. The van der Waals surface area contributed by atoms with E-state index in [0.717, 1.165) is 40.7 Å². The lowest BCUT2D eigenvalue weighted by Crippen LogP contribution is -2.25. The molecule has 28 heavy (non-hydrogen) atoms. The summed E-state index contributed by atoms with van der Waals surface area (Å²) in [4.78, 5) is 13.4. The molecule has 0 radical (unpaired) electrons. The summed E-state index contributed by atoms with van der Waals surface area (Å²) in [6, 6.07) is 3.98. The third-order valence-electron chi connectivity index (χ3n) is 5.11. The van der Waals surface area contributed by atoms with Gasteiger partial charge in [-0.1, -0.05) is 18.4 Å². The van der Waals surface area contributed by atoms with Crippen LogP contribution < -0.4 is 14.8 Å². The lowest BCUT2D eigenvalue weighted by Gasteiger charge is -2.27. The van der Waals surface area contributed by atoms with Gasteiger partial charge in [0, 0.05) is 10.1 Å². The van der Waals surface area contributed by atoms with Crippen LogP contribution in [0.5, 0.6) is 11.5 Å². The highest BCUT2D eigenvalue weighted by molar-refractivity contribution is 7.21. The van der Waals surface area contributed by atoms with E-state index in [2.05, 4.69) is 32.9 Å². The Morgan fingerprint density at radius 1 is 1.36 bits per heavy atom. The largest absolute Gasteiger partial charge is 0.496 e. The van der Waals surface area contributed by atoms with Gasteiger partial charge in [0.1, 0.15) is 10.6 Å². The number of carbonyl (C=O) groups is 1. The first-order valence-electron chi connectivity index (χ1n) is 9.37. The van der Waals surface area contributed by atoms with Crippen LogP contribution in [0.1, 0.15) is 47.8 Å². The number of fused-ring (bicyclic) bond motifs is 1. The lowest BCUT2D eigenvalue weighted by atomic mass is 9.88. The molecule has 8 nitrogen and oxygen atoms in total. The number of ether oxygens (including phenoxy) is 2. The van der Waals surface area contributed by atoms with E-state index in [4.69, 9.17) is 9.47 Å². The van der Waals surface area contributed by atoms with Gasteiger partial charge in [-0.25, -0.2) is 0 Å². The molecule has 9 heteroatoms. The number of hydrogen-bond donors (Lipinski definition) is 2. The van der Waals surface area contributed by atoms with Crippen molar-refractivity contribution in [1.29, 1.82) is 0 Å². The van der Waals surface area contributed by atoms with E-state index in [-0.39, 0.29) is 18.0 Å². The molecular formula is C19H23N5O3S. The predicted octanol–water partition coefficient (Wildman–Crippen LogP) is 3.94. The number of thiophene rings is 1. The molecule has 2 aromatic heterocycles. The molecular weight excluding hydrogens is 378 g/mol. The van der Waals surface area contributed by atoms with Gasteiger partial charge in [-0.15, -0.1) is 16.4 Å². The molecule has 2 atom stereocenters. The van der Waals surface area contributed by atoms with Gasteiger partial charge in [-0.2, -0.15) is 5.21 Å². The van der Waals surface area contributed by atoms with Crippen LogP contribution in [0.25, 0.3) is 10.1 Å². The maximum Gasteiger partial charge on any atom is 0.272 e. The Balaban J connectivity index is 1.74. The van der Waals surface area contributed by atoms with Gasteiger partial charge < -0.3 is 9.47 Å². The molecule has 2 unspecified atom stereocenters. The molecule has 1 aromatic carbocycles. The Kier molecular flexibility index (Phi) is 5.17. The van der Waals surface area contributed by atoms with Crippen molar-refractivity contribution < 1.29 is 14.3 Å². The Bertz CT molecular complexity index is 985. The van der Waals surface area contributed by atoms with Crippen LogP contribution in [-0.4, -0.2) is 39.7 Å². The highest BCUT2D eigenvalue weighted by Gasteiger charge is 2.27. The molecule has 148 valence electrons. The minimum absolute atomic E-state index is 0.102. The molecule has 0 saturated heterocycles. The summed E-state index contributed by atoms with van der Waals surface area (Å²) in [5.74, 6) is 1.83. The van der Waals surface area contributed by atoms with Gasteiger partial charge in [0.2, 0.25) is 0 Å². The van der Waals surface area contributed by atoms with E-state index < -0.39 is 0 Å². The average Bonchev–Trinajstić information content (AvgIpc) is 3.29. The molecule has 0 aliphatic heterocycles. The van der Waals surface area contributed by atoms with Crippen molar-refractivity contribution in [2.75, 3.05) is 12.4 Å². The minimum Gasteiger partial charge on any atom is -0.496 e. The van der Waals surface area contributed by atoms with Crippen LogP contribution in [0.2, 0.25) is 0 Å². The number of anilines is 1. The predicted molar refractivity (Wildman–Crippen MR) is 107 cm³/mol. The summed E-state index contributed by atoms with van der Waals surface area (Å²) in [6.45, 7) is 4.23. The first-order valence-corrected chi connectivity index (χ1v) is 10.2. The summed E-state index contributed by atoms with van der Waals surface area (Å²) < 4.78 is 12.9. The second-order valence-electron chi connectivity index (χ2n) is 7.28. The summed E-state index contributed by atoms with van der Waals surface area (Å²) in [6.07, 6.45) is 4.46. The number of rotatable bonds is 5. The van der Waals surface area contributed by atoms with Crippen LogP contribution in [0.4, 0.5) is 5.95 Å². The number of methoxy groups -OCH3 is 1. The number of aryl methyl sites for hydroxylation is 1. The van der Waals surface area contributed by atoms with Gasteiger partial charge in [-0.05, 0) is 55.0 Å². The minimum atomic E-state index is -0.307. The number of H-pyrrole nitrogens is 1. The van der Waals surface area contributed by atoms with E-state index in [1.165, 1.54) is 17.8 Å². The van der Waals surface area contributed by atoms with E-state index in [1.807, 2.05) is 19.1 Å². The lowest BCUT2D eigenvalue weighted by molar-refractivity contribution is 0.101. The SMILES string of the molecule is COc1cc2c(OC3CCCC(C)C3)c(C(=O)Nc3nn[nH]n3)sc2cc1C. The zero-order valence-corrected chi connectivity index (χ0v) is 16.9. The Morgan fingerprint density at radius 3 is 2.93 bits per heavy atom. The fourth-order valence-electron chi connectivity index (χ4n) is 3.71. The second-order valence-corrected chi connectivity index (χ2v) is 8.33. The Hall–Kier alpha value is -2.68. The first kappa shape index (κ1) is 18.7. The van der Waals surface area contributed by atoms with Gasteiger partial charge in [-0.3, -0.25) is 10.1 Å². The standard InChI is InChI=1S/C19H23N5O3S/c1-10-5-4-6-12(7-10)27-16-13-9-14(26-3)11(2)8-15(13)28-17(16)18(25)20-19-21-23-24-22-19/h8-10,12H,4-7H2,1-3H3,(H2,20,21,22,23,24,25). The van der Waals surface area contributed by atoms with Crippen molar-refractivity contribution in [2.45, 2.75) is 45.6 Å². The zero-order valence-electron chi connectivity index (χ0n) is 16.1. The molecule has 3 aromatic rings. The number of hydrogen-bond acceptors (Lipinski definition) is 7. The molecule has 0 spiro atoms. The smallest absolute Gasteiger partial charge is 0.272 e. The van der Waals surface area contributed by atoms with Crippen molar-refractivity contribution in [1.82, 2.24) is 20.6 Å². The number of aromatic nitrogens is 4. The highest BCUT2D eigenvalue weighted by Crippen LogP contribution is 2.43. The summed E-state index contributed by atoms with van der Waals surface area (Å²) in [7, 11) is 1.65. The second kappa shape index (κ2) is 7.75. The maximum absolute atomic E-state index is 12.9. The Morgan fingerprint density at radius 2 is 2.21 bits per heavy atom. The fourth-order valence-corrected chi connectivity index (χ4v) is 4.83. The van der Waals surface area contributed by atoms with Crippen LogP contribution in [0, 0.1) is 12.8 Å². The number of benzene rings is 1. The molecule has 1 aliphatic rings. The number of tetrazole rings is 1. The van der Waals surface area contributed by atoms with Crippen molar-refractivity contribution in [3.63, 3.8) is 0 Å². The molecule has 1 aliphatic carbocycles. The number of amides is 1. The van der Waals surface area contributed by atoms with Crippen LogP contribution in [0.15, 0.2) is 12.1 Å². The van der Waals surface area contributed by atoms with Gasteiger partial charge >= 0.3 is 0 Å². The van der Waals surface area contributed by atoms with Crippen LogP contribution in [0.3, 0.4) is 0 Å². The molecule has 1 fully saturated rings. The van der Waals surface area contributed by atoms with E-state index >= 15 is 0 Å². The van der Waals surface area contributed by atoms with Gasteiger partial charge in [0.15, 0.2) is 5.75 Å². The topological polar surface area (TPSA) is 102 Å². The maximum atomic E-state index is 12.9. The van der Waals surface area contributed by atoms with Crippen molar-refractivity contribution in [3.05, 3.63) is 22.6 Å². The molecule has 2 N–H and O–H groups in total. The summed E-state index contributed by atoms with van der Waals surface area (Å²) >= 11 is 1.40. The van der Waals surface area contributed by atoms with Crippen LogP contribution in [-0.2, 0) is 0 Å². The quantitative estimate of drug-likeness (QED) is 0.671. The average molecular weight is 401 g/mol. The monoisotopic (exact) mass is 401 g/mol. The highest BCUT2D eigenvalue weighted by atomic mass is 32.1. The van der Waals surface area contributed by atoms with E-state index in [1.54, 1.807) is 7.11 Å². The number of nitrogens with zero attached hydrogens (tertiary/aromatic N) is 3. The Labute approximate surface area is 166 Å². The zero-order chi connectivity index (χ0) is 19.7. The normalized spacial score (nSPS) is 19.5. The third kappa shape index (κ3) is 3.66. The number of carbonyl (C=O) groups excluding carboxylic acids is 1. The molecule has 1 saturated carbocycles.